The number of rotatable bonds is 8. The lowest BCUT2D eigenvalue weighted by molar-refractivity contribution is 0.0948. The molecule has 20 heavy (non-hydrogen) atoms. The number of amides is 1. The second-order valence-corrected chi connectivity index (χ2v) is 5.00. The molecule has 5 heteroatoms. The van der Waals surface area contributed by atoms with Crippen LogP contribution in [0.5, 0.6) is 5.75 Å². The maximum atomic E-state index is 12.1. The summed E-state index contributed by atoms with van der Waals surface area (Å²) in [7, 11) is 0. The number of halogens is 1. The highest BCUT2D eigenvalue weighted by Gasteiger charge is 2.22. The fourth-order valence-electron chi connectivity index (χ4n) is 1.84. The topological polar surface area (TPSA) is 64.3 Å². The molecule has 1 aromatic carbocycles. The van der Waals surface area contributed by atoms with Gasteiger partial charge in [-0.05, 0) is 50.3 Å². The van der Waals surface area contributed by atoms with Crippen LogP contribution in [0.2, 0.25) is 0 Å². The normalized spacial score (nSPS) is 13.4. The predicted molar refractivity (Wildman–Crippen MR) is 82.5 cm³/mol. The average Bonchev–Trinajstić information content (AvgIpc) is 3.25. The van der Waals surface area contributed by atoms with Crippen molar-refractivity contribution in [3.8, 4) is 5.75 Å². The number of nitrogens with one attached hydrogen (secondary N) is 1. The first kappa shape index (κ1) is 16.8. The number of carbonyl (C=O) groups is 1. The van der Waals surface area contributed by atoms with E-state index in [-0.39, 0.29) is 18.3 Å². The van der Waals surface area contributed by atoms with Gasteiger partial charge in [0, 0.05) is 6.54 Å². The molecule has 0 unspecified atom stereocenters. The van der Waals surface area contributed by atoms with Crippen LogP contribution in [0.15, 0.2) is 24.3 Å². The highest BCUT2D eigenvalue weighted by molar-refractivity contribution is 5.96. The first-order valence-electron chi connectivity index (χ1n) is 7.01. The number of benzene rings is 1. The molecule has 1 aromatic rings. The summed E-state index contributed by atoms with van der Waals surface area (Å²) >= 11 is 0. The Morgan fingerprint density at radius 1 is 1.30 bits per heavy atom. The molecule has 1 fully saturated rings. The van der Waals surface area contributed by atoms with Crippen LogP contribution in [0.4, 0.5) is 0 Å². The third kappa shape index (κ3) is 5.39. The maximum Gasteiger partial charge on any atom is 0.255 e. The first-order chi connectivity index (χ1) is 9.31. The number of carbonyl (C=O) groups excluding carboxylic acids is 1. The Balaban J connectivity index is 0.00000200. The Kier molecular flexibility index (Phi) is 7.41. The van der Waals surface area contributed by atoms with Crippen LogP contribution in [-0.4, -0.2) is 25.6 Å². The quantitative estimate of drug-likeness (QED) is 0.724. The van der Waals surface area contributed by atoms with E-state index in [0.29, 0.717) is 30.3 Å². The standard InChI is InChI=1S/C15H22N2O2.ClH/c16-9-3-4-10-17-15(18)13-5-1-2-6-14(13)19-11-12-7-8-12;/h1-2,5-6,12H,3-4,7-11,16H2,(H,17,18);1H. The van der Waals surface area contributed by atoms with E-state index >= 15 is 0 Å². The zero-order chi connectivity index (χ0) is 13.5. The Labute approximate surface area is 126 Å². The summed E-state index contributed by atoms with van der Waals surface area (Å²) in [5.41, 5.74) is 6.04. The number of hydrogen-bond donors (Lipinski definition) is 2. The molecule has 0 radical (unpaired) electrons. The molecule has 1 aliphatic rings. The van der Waals surface area contributed by atoms with Crippen LogP contribution in [0.25, 0.3) is 0 Å². The van der Waals surface area contributed by atoms with Crippen molar-refractivity contribution < 1.29 is 9.53 Å². The van der Waals surface area contributed by atoms with E-state index in [2.05, 4.69) is 5.32 Å². The summed E-state index contributed by atoms with van der Waals surface area (Å²) in [4.78, 5) is 12.1. The molecular weight excluding hydrogens is 276 g/mol. The molecule has 0 atom stereocenters. The zero-order valence-corrected chi connectivity index (χ0v) is 12.5. The largest absolute Gasteiger partial charge is 0.492 e. The smallest absolute Gasteiger partial charge is 0.255 e. The number of unbranched alkanes of at least 4 members (excludes halogenated alkanes) is 1. The molecule has 4 nitrogen and oxygen atoms in total. The monoisotopic (exact) mass is 298 g/mol. The molecule has 0 heterocycles. The summed E-state index contributed by atoms with van der Waals surface area (Å²) in [5, 5.41) is 2.90. The Morgan fingerprint density at radius 2 is 2.05 bits per heavy atom. The molecule has 1 aliphatic carbocycles. The van der Waals surface area contributed by atoms with E-state index in [1.165, 1.54) is 12.8 Å². The highest BCUT2D eigenvalue weighted by atomic mass is 35.5. The van der Waals surface area contributed by atoms with Gasteiger partial charge in [0.25, 0.3) is 5.91 Å². The second-order valence-electron chi connectivity index (χ2n) is 5.00. The summed E-state index contributed by atoms with van der Waals surface area (Å²) in [5.74, 6) is 1.30. The fourth-order valence-corrected chi connectivity index (χ4v) is 1.84. The van der Waals surface area contributed by atoms with E-state index in [9.17, 15) is 4.79 Å². The molecule has 0 aromatic heterocycles. The molecule has 0 bridgehead atoms. The van der Waals surface area contributed by atoms with E-state index < -0.39 is 0 Å². The summed E-state index contributed by atoms with van der Waals surface area (Å²) in [6.07, 6.45) is 4.33. The van der Waals surface area contributed by atoms with Crippen molar-refractivity contribution in [2.24, 2.45) is 11.7 Å². The number of para-hydroxylation sites is 1. The minimum Gasteiger partial charge on any atom is -0.492 e. The van der Waals surface area contributed by atoms with Crippen molar-refractivity contribution in [1.29, 1.82) is 0 Å². The number of ether oxygens (including phenoxy) is 1. The molecule has 0 spiro atoms. The Bertz CT molecular complexity index is 422. The van der Waals surface area contributed by atoms with Gasteiger partial charge in [0.05, 0.1) is 12.2 Å². The van der Waals surface area contributed by atoms with Crippen molar-refractivity contribution >= 4 is 18.3 Å². The van der Waals surface area contributed by atoms with Crippen LogP contribution in [-0.2, 0) is 0 Å². The minimum atomic E-state index is -0.0663. The van der Waals surface area contributed by atoms with E-state index in [4.69, 9.17) is 10.5 Å². The fraction of sp³-hybridized carbons (Fsp3) is 0.533. The molecule has 3 N–H and O–H groups in total. The lowest BCUT2D eigenvalue weighted by Crippen LogP contribution is -2.25. The third-order valence-electron chi connectivity index (χ3n) is 3.22. The van der Waals surface area contributed by atoms with Crippen LogP contribution in [0, 0.1) is 5.92 Å². The molecule has 1 amide bonds. The van der Waals surface area contributed by atoms with Gasteiger partial charge in [0.2, 0.25) is 0 Å². The predicted octanol–water partition coefficient (Wildman–Crippen LogP) is 2.37. The van der Waals surface area contributed by atoms with Crippen LogP contribution < -0.4 is 15.8 Å². The zero-order valence-electron chi connectivity index (χ0n) is 11.6. The summed E-state index contributed by atoms with van der Waals surface area (Å²) in [6.45, 7) is 2.04. The van der Waals surface area contributed by atoms with Crippen LogP contribution >= 0.6 is 12.4 Å². The molecule has 112 valence electrons. The van der Waals surface area contributed by atoms with E-state index in [0.717, 1.165) is 19.4 Å². The molecule has 0 saturated heterocycles. The van der Waals surface area contributed by atoms with Crippen molar-refractivity contribution in [3.63, 3.8) is 0 Å². The highest BCUT2D eigenvalue weighted by Crippen LogP contribution is 2.30. The lowest BCUT2D eigenvalue weighted by atomic mass is 10.2. The van der Waals surface area contributed by atoms with Gasteiger partial charge in [0.1, 0.15) is 5.75 Å². The van der Waals surface area contributed by atoms with E-state index in [1.54, 1.807) is 6.07 Å². The van der Waals surface area contributed by atoms with Gasteiger partial charge in [-0.1, -0.05) is 12.1 Å². The van der Waals surface area contributed by atoms with Gasteiger partial charge in [-0.2, -0.15) is 0 Å². The van der Waals surface area contributed by atoms with Crippen LogP contribution in [0.1, 0.15) is 36.0 Å². The maximum absolute atomic E-state index is 12.1. The molecule has 1 saturated carbocycles. The number of nitrogens with two attached hydrogens (primary N) is 1. The summed E-state index contributed by atoms with van der Waals surface area (Å²) in [6, 6.07) is 7.42. The van der Waals surface area contributed by atoms with Crippen molar-refractivity contribution in [2.45, 2.75) is 25.7 Å². The van der Waals surface area contributed by atoms with E-state index in [1.807, 2.05) is 18.2 Å². The van der Waals surface area contributed by atoms with Gasteiger partial charge < -0.3 is 15.8 Å². The van der Waals surface area contributed by atoms with Crippen molar-refractivity contribution in [2.75, 3.05) is 19.7 Å². The van der Waals surface area contributed by atoms with Gasteiger partial charge in [-0.15, -0.1) is 12.4 Å². The van der Waals surface area contributed by atoms with Crippen molar-refractivity contribution in [1.82, 2.24) is 5.32 Å². The third-order valence-corrected chi connectivity index (χ3v) is 3.22. The minimum absolute atomic E-state index is 0. The Hall–Kier alpha value is -1.26. The average molecular weight is 299 g/mol. The SMILES string of the molecule is Cl.NCCCCNC(=O)c1ccccc1OCC1CC1. The molecule has 0 aliphatic heterocycles. The molecule has 2 rings (SSSR count). The van der Waals surface area contributed by atoms with Gasteiger partial charge in [-0.3, -0.25) is 4.79 Å². The van der Waals surface area contributed by atoms with Gasteiger partial charge >= 0.3 is 0 Å². The van der Waals surface area contributed by atoms with Gasteiger partial charge in [-0.25, -0.2) is 0 Å². The first-order valence-corrected chi connectivity index (χ1v) is 7.01. The second kappa shape index (κ2) is 8.82. The lowest BCUT2D eigenvalue weighted by Gasteiger charge is -2.11. The Morgan fingerprint density at radius 3 is 2.75 bits per heavy atom. The van der Waals surface area contributed by atoms with Gasteiger partial charge in [0.15, 0.2) is 0 Å². The molecular formula is C15H23ClN2O2. The van der Waals surface area contributed by atoms with Crippen LogP contribution in [0.3, 0.4) is 0 Å². The number of hydrogen-bond acceptors (Lipinski definition) is 3. The summed E-state index contributed by atoms with van der Waals surface area (Å²) < 4.78 is 5.73. The van der Waals surface area contributed by atoms with Crippen molar-refractivity contribution in [3.05, 3.63) is 29.8 Å².